The van der Waals surface area contributed by atoms with Gasteiger partial charge in [-0.1, -0.05) is 53.2 Å². The Morgan fingerprint density at radius 3 is 2.68 bits per heavy atom. The summed E-state index contributed by atoms with van der Waals surface area (Å²) in [5.74, 6) is 0.736. The number of hydrogen-bond donors (Lipinski definition) is 0. The summed E-state index contributed by atoms with van der Waals surface area (Å²) in [4.78, 5) is 5.76. The van der Waals surface area contributed by atoms with Crippen molar-refractivity contribution in [3.8, 4) is 11.4 Å². The first kappa shape index (κ1) is 18.2. The van der Waals surface area contributed by atoms with Gasteiger partial charge >= 0.3 is 0 Å². The Hall–Kier alpha value is -3.13. The van der Waals surface area contributed by atoms with Crippen LogP contribution < -0.4 is 0 Å². The zero-order valence-corrected chi connectivity index (χ0v) is 15.9. The number of tetrazole rings is 1. The van der Waals surface area contributed by atoms with E-state index in [1.165, 1.54) is 10.9 Å². The van der Waals surface area contributed by atoms with Gasteiger partial charge in [0.2, 0.25) is 11.7 Å². The molecule has 4 aromatic rings. The molecule has 0 unspecified atom stereocenters. The van der Waals surface area contributed by atoms with Crippen LogP contribution in [0.2, 0.25) is 5.02 Å². The van der Waals surface area contributed by atoms with Crippen molar-refractivity contribution in [3.63, 3.8) is 0 Å². The van der Waals surface area contributed by atoms with Crippen LogP contribution in [0.5, 0.6) is 0 Å². The van der Waals surface area contributed by atoms with Crippen molar-refractivity contribution in [1.82, 2.24) is 30.3 Å². The van der Waals surface area contributed by atoms with Crippen molar-refractivity contribution in [2.75, 3.05) is 0 Å². The van der Waals surface area contributed by atoms with Crippen LogP contribution in [0.3, 0.4) is 0 Å². The van der Waals surface area contributed by atoms with E-state index in [1.807, 2.05) is 44.2 Å². The Kier molecular flexibility index (Phi) is 4.64. The number of nitrogens with zero attached hydrogens (tertiary/aromatic N) is 6. The molecule has 0 N–H and O–H groups in total. The molecule has 2 aromatic carbocycles. The van der Waals surface area contributed by atoms with Crippen LogP contribution in [0, 0.1) is 5.82 Å². The van der Waals surface area contributed by atoms with Crippen molar-refractivity contribution < 1.29 is 8.91 Å². The van der Waals surface area contributed by atoms with Crippen molar-refractivity contribution >= 4 is 11.6 Å². The van der Waals surface area contributed by atoms with Crippen LogP contribution in [0.1, 0.15) is 31.1 Å². The summed E-state index contributed by atoms with van der Waals surface area (Å²) < 4.78 is 19.7. The largest absolute Gasteiger partial charge is 0.337 e. The first-order valence-corrected chi connectivity index (χ1v) is 8.93. The molecule has 0 radical (unpaired) electrons. The lowest BCUT2D eigenvalue weighted by atomic mass is 9.83. The molecule has 2 heterocycles. The predicted molar refractivity (Wildman–Crippen MR) is 100 cm³/mol. The van der Waals surface area contributed by atoms with Crippen molar-refractivity contribution in [2.45, 2.75) is 25.8 Å². The fourth-order valence-electron chi connectivity index (χ4n) is 2.82. The summed E-state index contributed by atoms with van der Waals surface area (Å²) in [6.07, 6.45) is 0. The topological polar surface area (TPSA) is 82.5 Å². The van der Waals surface area contributed by atoms with Crippen LogP contribution in [0.4, 0.5) is 4.39 Å². The second kappa shape index (κ2) is 7.12. The molecule has 0 saturated heterocycles. The Morgan fingerprint density at radius 1 is 1.14 bits per heavy atom. The summed E-state index contributed by atoms with van der Waals surface area (Å²) >= 11 is 5.84. The number of halogens is 2. The van der Waals surface area contributed by atoms with Gasteiger partial charge in [0.1, 0.15) is 12.4 Å². The van der Waals surface area contributed by atoms with Crippen molar-refractivity contribution in [2.24, 2.45) is 0 Å². The van der Waals surface area contributed by atoms with Gasteiger partial charge in [-0.3, -0.25) is 0 Å². The molecule has 28 heavy (non-hydrogen) atoms. The van der Waals surface area contributed by atoms with E-state index < -0.39 is 11.2 Å². The SMILES string of the molecule is CC(C)(c1noc(Cn2nnc(-c3ccccc3)n2)n1)c1ccc(Cl)cc1F. The zero-order chi connectivity index (χ0) is 19.7. The van der Waals surface area contributed by atoms with E-state index in [-0.39, 0.29) is 6.54 Å². The standard InChI is InChI=1S/C19H16ClFN6O/c1-19(2,14-9-8-13(20)10-15(14)21)18-22-16(28-25-18)11-27-24-17(23-26-27)12-6-4-3-5-7-12/h3-10H,11H2,1-2H3. The Balaban J connectivity index is 1.55. The molecular formula is C19H16ClFN6O. The quantitative estimate of drug-likeness (QED) is 0.507. The molecule has 0 aliphatic carbocycles. The minimum absolute atomic E-state index is 0.159. The number of aromatic nitrogens is 6. The fourth-order valence-corrected chi connectivity index (χ4v) is 2.98. The molecule has 0 saturated carbocycles. The maximum atomic E-state index is 14.3. The summed E-state index contributed by atoms with van der Waals surface area (Å²) in [5, 5.41) is 16.7. The van der Waals surface area contributed by atoms with E-state index in [1.54, 1.807) is 12.1 Å². The number of rotatable bonds is 5. The highest BCUT2D eigenvalue weighted by Gasteiger charge is 2.32. The Bertz CT molecular complexity index is 1110. The summed E-state index contributed by atoms with van der Waals surface area (Å²) in [5.41, 5.74) is 0.482. The molecule has 0 bridgehead atoms. The van der Waals surface area contributed by atoms with Gasteiger partial charge in [0.15, 0.2) is 5.82 Å². The zero-order valence-electron chi connectivity index (χ0n) is 15.2. The third-order valence-electron chi connectivity index (χ3n) is 4.39. The normalized spacial score (nSPS) is 11.7. The lowest BCUT2D eigenvalue weighted by Crippen LogP contribution is -2.22. The average Bonchev–Trinajstić information content (AvgIpc) is 3.33. The Morgan fingerprint density at radius 2 is 1.93 bits per heavy atom. The molecule has 4 rings (SSSR count). The first-order chi connectivity index (χ1) is 13.4. The van der Waals surface area contributed by atoms with Gasteiger partial charge in [-0.25, -0.2) is 4.39 Å². The molecule has 0 aliphatic heterocycles. The predicted octanol–water partition coefficient (Wildman–Crippen LogP) is 3.89. The lowest BCUT2D eigenvalue weighted by Gasteiger charge is -2.21. The molecule has 0 aliphatic rings. The van der Waals surface area contributed by atoms with Gasteiger partial charge in [-0.15, -0.1) is 10.2 Å². The molecule has 142 valence electrons. The first-order valence-electron chi connectivity index (χ1n) is 8.55. The average molecular weight is 399 g/mol. The van der Waals surface area contributed by atoms with Gasteiger partial charge in [-0.05, 0) is 31.2 Å². The summed E-state index contributed by atoms with van der Waals surface area (Å²) in [6, 6.07) is 14.0. The summed E-state index contributed by atoms with van der Waals surface area (Å²) in [7, 11) is 0. The molecular weight excluding hydrogens is 383 g/mol. The molecule has 0 atom stereocenters. The van der Waals surface area contributed by atoms with Crippen LogP contribution in [-0.2, 0) is 12.0 Å². The van der Waals surface area contributed by atoms with Gasteiger partial charge in [0, 0.05) is 16.1 Å². The van der Waals surface area contributed by atoms with Crippen LogP contribution in [0.15, 0.2) is 53.1 Å². The van der Waals surface area contributed by atoms with E-state index >= 15 is 0 Å². The molecule has 0 spiro atoms. The molecule has 7 nitrogen and oxygen atoms in total. The summed E-state index contributed by atoms with van der Waals surface area (Å²) in [6.45, 7) is 3.79. The van der Waals surface area contributed by atoms with Gasteiger partial charge in [-0.2, -0.15) is 9.78 Å². The second-order valence-corrected chi connectivity index (χ2v) is 7.21. The second-order valence-electron chi connectivity index (χ2n) is 6.77. The van der Waals surface area contributed by atoms with Gasteiger partial charge in [0.05, 0.1) is 5.41 Å². The van der Waals surface area contributed by atoms with Crippen LogP contribution in [0.25, 0.3) is 11.4 Å². The van der Waals surface area contributed by atoms with Crippen molar-refractivity contribution in [3.05, 3.63) is 76.6 Å². The third kappa shape index (κ3) is 3.50. The number of benzene rings is 2. The highest BCUT2D eigenvalue weighted by molar-refractivity contribution is 6.30. The molecule has 9 heteroatoms. The maximum Gasteiger partial charge on any atom is 0.250 e. The Labute approximate surface area is 165 Å². The van der Waals surface area contributed by atoms with E-state index in [9.17, 15) is 4.39 Å². The molecule has 2 aromatic heterocycles. The lowest BCUT2D eigenvalue weighted by molar-refractivity contribution is 0.346. The van der Waals surface area contributed by atoms with Crippen LogP contribution >= 0.6 is 11.6 Å². The maximum absolute atomic E-state index is 14.3. The van der Waals surface area contributed by atoms with Crippen molar-refractivity contribution in [1.29, 1.82) is 0 Å². The van der Waals surface area contributed by atoms with E-state index in [4.69, 9.17) is 16.1 Å². The monoisotopic (exact) mass is 398 g/mol. The minimum Gasteiger partial charge on any atom is -0.337 e. The minimum atomic E-state index is -0.804. The van der Waals surface area contributed by atoms with Gasteiger partial charge < -0.3 is 4.52 Å². The third-order valence-corrected chi connectivity index (χ3v) is 4.63. The fraction of sp³-hybridized carbons (Fsp3) is 0.211. The highest BCUT2D eigenvalue weighted by atomic mass is 35.5. The molecule has 0 fully saturated rings. The smallest absolute Gasteiger partial charge is 0.250 e. The van der Waals surface area contributed by atoms with E-state index in [2.05, 4.69) is 25.6 Å². The highest BCUT2D eigenvalue weighted by Crippen LogP contribution is 2.32. The van der Waals surface area contributed by atoms with Crippen LogP contribution in [-0.4, -0.2) is 30.3 Å². The van der Waals surface area contributed by atoms with E-state index in [0.29, 0.717) is 28.1 Å². The molecule has 0 amide bonds. The van der Waals surface area contributed by atoms with Gasteiger partial charge in [0.25, 0.3) is 0 Å². The number of hydrogen-bond acceptors (Lipinski definition) is 6. The van der Waals surface area contributed by atoms with E-state index in [0.717, 1.165) is 5.56 Å².